The first kappa shape index (κ1) is 54.4. The Balaban J connectivity index is 0.602. The highest BCUT2D eigenvalue weighted by molar-refractivity contribution is 7.13. The fourth-order valence-corrected chi connectivity index (χ4v) is 15.0. The second kappa shape index (κ2) is 22.4. The molecule has 2 unspecified atom stereocenters. The molecule has 0 aliphatic carbocycles. The number of aryl methyl sites for hydroxylation is 2. The number of amides is 2. The number of nitrogens with one attached hydrogen (secondary N) is 2. The van der Waals surface area contributed by atoms with Gasteiger partial charge in [-0.25, -0.2) is 14.4 Å². The van der Waals surface area contributed by atoms with Crippen LogP contribution in [0.3, 0.4) is 0 Å². The van der Waals surface area contributed by atoms with Gasteiger partial charge in [0.05, 0.1) is 33.6 Å². The molecule has 3 aromatic carbocycles. The summed E-state index contributed by atoms with van der Waals surface area (Å²) < 4.78 is 23.2. The van der Waals surface area contributed by atoms with Crippen LogP contribution in [0.15, 0.2) is 76.9 Å². The Kier molecular flexibility index (Phi) is 14.9. The van der Waals surface area contributed by atoms with Gasteiger partial charge in [-0.15, -0.1) is 11.3 Å². The largest absolute Gasteiger partial charge is 0.508 e. The summed E-state index contributed by atoms with van der Waals surface area (Å²) >= 11 is 1.60. The molecule has 0 radical (unpaired) electrons. The van der Waals surface area contributed by atoms with Crippen molar-refractivity contribution in [3.05, 3.63) is 101 Å². The van der Waals surface area contributed by atoms with Gasteiger partial charge in [0.1, 0.15) is 34.7 Å². The SMILES string of the molecule is CCc1cccc2cc(O)cc(-c3ncc4c(N5CC6CCC(C5)N6)nc(N5CC(CN6CCC(CC7CN(c8cc([C@H](C(=O)N9C[C@H](O)C[C@H]9C(=O)N[C@@H](C)c9ccc(-c%10scnc%10C)cc9)C(C)C)on8)C7)CC6)C5)nc4c3F)c12. The Bertz CT molecular complexity index is 3490. The number of fused-ring (bicyclic) bond motifs is 4. The lowest BCUT2D eigenvalue weighted by Gasteiger charge is -2.45. The molecule has 6 saturated heterocycles. The average Bonchev–Trinajstić information content (AvgIpc) is 4.42. The first-order valence-electron chi connectivity index (χ1n) is 29.8. The molecule has 6 fully saturated rings. The average molecular weight is 1130 g/mol. The number of rotatable bonds is 16. The molecule has 2 amide bonds. The molecule has 13 rings (SSSR count). The lowest BCUT2D eigenvalue weighted by Crippen LogP contribution is -2.54. The number of phenolic OH excluding ortho intramolecular Hbond substituents is 1. The number of piperazine rings is 1. The van der Waals surface area contributed by atoms with E-state index in [1.807, 2.05) is 75.7 Å². The molecular weight excluding hydrogens is 1060 g/mol. The van der Waals surface area contributed by atoms with Gasteiger partial charge < -0.3 is 49.9 Å². The lowest BCUT2D eigenvalue weighted by molar-refractivity contribution is -0.141. The van der Waals surface area contributed by atoms with Crippen LogP contribution in [0.2, 0.25) is 0 Å². The van der Waals surface area contributed by atoms with Gasteiger partial charge in [0.15, 0.2) is 17.4 Å². The van der Waals surface area contributed by atoms with Crippen molar-refractivity contribution in [2.75, 3.05) is 80.1 Å². The molecule has 7 aromatic rings. The number of nitrogens with zero attached hydrogens (tertiary/aromatic N) is 10. The molecule has 17 nitrogen and oxygen atoms in total. The number of benzene rings is 3. The Morgan fingerprint density at radius 3 is 2.35 bits per heavy atom. The number of pyridine rings is 1. The maximum Gasteiger partial charge on any atom is 0.243 e. The molecule has 0 spiro atoms. The van der Waals surface area contributed by atoms with Gasteiger partial charge in [0.25, 0.3) is 0 Å². The van der Waals surface area contributed by atoms with E-state index >= 15 is 4.39 Å². The van der Waals surface area contributed by atoms with Crippen molar-refractivity contribution in [1.82, 2.24) is 45.5 Å². The van der Waals surface area contributed by atoms with Crippen LogP contribution in [-0.2, 0) is 16.0 Å². The third-order valence-corrected chi connectivity index (χ3v) is 19.6. The van der Waals surface area contributed by atoms with Gasteiger partial charge in [-0.05, 0) is 123 Å². The van der Waals surface area contributed by atoms with Crippen LogP contribution < -0.4 is 25.3 Å². The van der Waals surface area contributed by atoms with Crippen molar-refractivity contribution < 1.29 is 28.7 Å². The summed E-state index contributed by atoms with van der Waals surface area (Å²) in [7, 11) is 0. The summed E-state index contributed by atoms with van der Waals surface area (Å²) in [4.78, 5) is 59.6. The van der Waals surface area contributed by atoms with Crippen molar-refractivity contribution in [3.63, 3.8) is 0 Å². The number of thiazole rings is 1. The van der Waals surface area contributed by atoms with E-state index in [0.717, 1.165) is 141 Å². The minimum atomic E-state index is -0.808. The van der Waals surface area contributed by atoms with E-state index in [1.165, 1.54) is 11.3 Å². The Morgan fingerprint density at radius 2 is 1.63 bits per heavy atom. The zero-order valence-corrected chi connectivity index (χ0v) is 48.4. The van der Waals surface area contributed by atoms with Crippen LogP contribution in [0.4, 0.5) is 22.0 Å². The second-order valence-electron chi connectivity index (χ2n) is 24.8. The smallest absolute Gasteiger partial charge is 0.243 e. The van der Waals surface area contributed by atoms with E-state index in [4.69, 9.17) is 19.5 Å². The first-order valence-corrected chi connectivity index (χ1v) is 30.7. The molecule has 0 saturated carbocycles. The number of halogens is 1. The predicted octanol–water partition coefficient (Wildman–Crippen LogP) is 8.87. The van der Waals surface area contributed by atoms with Crippen LogP contribution in [0.5, 0.6) is 5.75 Å². The van der Waals surface area contributed by atoms with Crippen LogP contribution in [0.1, 0.15) is 101 Å². The summed E-state index contributed by atoms with van der Waals surface area (Å²) in [5, 5.41) is 35.3. The molecule has 6 aliphatic rings. The number of carbonyl (C=O) groups is 2. The Hall–Kier alpha value is -6.80. The molecule has 2 bridgehead atoms. The Labute approximate surface area is 482 Å². The number of hydrogen-bond acceptors (Lipinski definition) is 16. The van der Waals surface area contributed by atoms with Crippen LogP contribution >= 0.6 is 11.3 Å². The topological polar surface area (TPSA) is 192 Å². The number of aromatic hydroxyl groups is 1. The zero-order valence-electron chi connectivity index (χ0n) is 47.6. The van der Waals surface area contributed by atoms with Crippen molar-refractivity contribution >= 4 is 62.4 Å². The molecule has 6 aliphatic heterocycles. The summed E-state index contributed by atoms with van der Waals surface area (Å²) in [6, 6.07) is 19.0. The normalized spacial score (nSPS) is 22.6. The van der Waals surface area contributed by atoms with E-state index in [1.54, 1.807) is 29.7 Å². The number of aliphatic hydroxyl groups is 1. The summed E-state index contributed by atoms with van der Waals surface area (Å²) in [5.41, 5.74) is 6.93. The highest BCUT2D eigenvalue weighted by Gasteiger charge is 2.45. The first-order chi connectivity index (χ1) is 39.7. The van der Waals surface area contributed by atoms with Crippen LogP contribution in [0, 0.1) is 36.4 Å². The number of aromatic nitrogens is 5. The van der Waals surface area contributed by atoms with Crippen molar-refractivity contribution in [1.29, 1.82) is 0 Å². The van der Waals surface area contributed by atoms with Gasteiger partial charge in [0.2, 0.25) is 17.8 Å². The van der Waals surface area contributed by atoms with Crippen molar-refractivity contribution in [2.24, 2.45) is 23.7 Å². The summed E-state index contributed by atoms with van der Waals surface area (Å²) in [6.07, 6.45) is 7.58. The van der Waals surface area contributed by atoms with E-state index in [0.29, 0.717) is 52.5 Å². The highest BCUT2D eigenvalue weighted by atomic mass is 32.1. The fraction of sp³-hybridized carbons (Fsp3) is 0.508. The molecule has 4 aromatic heterocycles. The van der Waals surface area contributed by atoms with E-state index in [9.17, 15) is 19.8 Å². The van der Waals surface area contributed by atoms with Crippen molar-refractivity contribution in [2.45, 2.75) is 116 Å². The fourth-order valence-electron chi connectivity index (χ4n) is 14.2. The van der Waals surface area contributed by atoms with Crippen molar-refractivity contribution in [3.8, 4) is 27.4 Å². The van der Waals surface area contributed by atoms with Crippen LogP contribution in [0.25, 0.3) is 43.4 Å². The number of anilines is 3. The van der Waals surface area contributed by atoms with E-state index in [2.05, 4.69) is 53.4 Å². The maximum absolute atomic E-state index is 17.3. The molecule has 4 N–H and O–H groups in total. The quantitative estimate of drug-likeness (QED) is 0.0717. The Morgan fingerprint density at radius 1 is 0.878 bits per heavy atom. The monoisotopic (exact) mass is 1130 g/mol. The molecule has 19 heteroatoms. The summed E-state index contributed by atoms with van der Waals surface area (Å²) in [5.74, 6) is 2.44. The van der Waals surface area contributed by atoms with Gasteiger partial charge in [-0.3, -0.25) is 14.6 Å². The molecule has 6 atom stereocenters. The number of carbonyl (C=O) groups excluding carboxylic acids is 2. The third kappa shape index (κ3) is 10.5. The van der Waals surface area contributed by atoms with Gasteiger partial charge in [-0.2, -0.15) is 4.98 Å². The highest BCUT2D eigenvalue weighted by Crippen LogP contribution is 2.41. The predicted molar refractivity (Wildman–Crippen MR) is 318 cm³/mol. The minimum Gasteiger partial charge on any atom is -0.508 e. The molecule has 430 valence electrons. The zero-order chi connectivity index (χ0) is 56.5. The lowest BCUT2D eigenvalue weighted by atomic mass is 9.83. The summed E-state index contributed by atoms with van der Waals surface area (Å²) in [6.45, 7) is 18.2. The number of β-amino-alcohol motifs (C(OH)–C–C–N with tert-alkyl or cyclic N) is 1. The maximum atomic E-state index is 17.3. The minimum absolute atomic E-state index is 0.0683. The van der Waals surface area contributed by atoms with Crippen LogP contribution in [-0.4, -0.2) is 147 Å². The number of piperidine rings is 1. The number of aliphatic hydroxyl groups excluding tert-OH is 1. The number of phenols is 1. The van der Waals surface area contributed by atoms with Gasteiger partial charge in [0, 0.05) is 94.6 Å². The standard InChI is InChI=1S/C63H75FN12O5S/c1-6-41-8-7-9-44-21-47(77)22-49(55(41)44)57-56(64)58-50(25-65-57)60(74-31-45-14-15-46(32-74)68-45)70-63(69-58)75-29-40(30-75)26-72-18-16-38(17-19-72)20-39-27-73(28-39)53-24-52(81-71-53)54(35(2)3)62(80)76-33-48(78)23-51(76)61(79)67-36(4)42-10-12-43(13-11-42)59-37(5)66-34-82-59/h7-13,21-22,24-25,34-36,38-40,45-46,48,51,54,68,77-78H,6,14-20,23,26-33H2,1-5H3,(H,67,79)/t36-,45?,46?,48+,51-,54+/m0/s1. The molecular formula is C63H75FN12O5S. The second-order valence-corrected chi connectivity index (χ2v) is 25.6. The van der Waals surface area contributed by atoms with E-state index in [-0.39, 0.29) is 53.7 Å². The molecule has 10 heterocycles. The van der Waals surface area contributed by atoms with Gasteiger partial charge >= 0.3 is 0 Å². The number of hydrogen-bond donors (Lipinski definition) is 4. The van der Waals surface area contributed by atoms with Gasteiger partial charge in [-0.1, -0.05) is 68.4 Å². The number of likely N-dealkylation sites (tertiary alicyclic amines) is 2. The third-order valence-electron chi connectivity index (χ3n) is 18.7. The van der Waals surface area contributed by atoms with E-state index < -0.39 is 23.9 Å². The molecule has 82 heavy (non-hydrogen) atoms.